The molecule has 0 heterocycles. The van der Waals surface area contributed by atoms with E-state index in [0.717, 1.165) is 5.56 Å². The lowest BCUT2D eigenvalue weighted by Crippen LogP contribution is -2.24. The van der Waals surface area contributed by atoms with E-state index < -0.39 is 11.9 Å². The van der Waals surface area contributed by atoms with E-state index in [0.29, 0.717) is 28.3 Å². The van der Waals surface area contributed by atoms with E-state index in [1.807, 2.05) is 12.1 Å². The van der Waals surface area contributed by atoms with Gasteiger partial charge in [-0.25, -0.2) is 9.59 Å². The molecule has 0 saturated heterocycles. The average molecular weight is 551 g/mol. The van der Waals surface area contributed by atoms with Crippen molar-refractivity contribution in [1.29, 1.82) is 0 Å². The van der Waals surface area contributed by atoms with Gasteiger partial charge in [-0.2, -0.15) is 0 Å². The summed E-state index contributed by atoms with van der Waals surface area (Å²) in [5, 5.41) is 28.0. The number of aromatic hydroxyl groups is 1. The van der Waals surface area contributed by atoms with Crippen molar-refractivity contribution in [3.63, 3.8) is 0 Å². The Balaban J connectivity index is 1.56. The second kappa shape index (κ2) is 12.0. The molecule has 0 aromatic heterocycles. The van der Waals surface area contributed by atoms with Crippen molar-refractivity contribution in [2.75, 3.05) is 9.80 Å². The molecular weight excluding hydrogens is 524 g/mol. The van der Waals surface area contributed by atoms with E-state index in [2.05, 4.69) is 0 Å². The zero-order valence-electron chi connectivity index (χ0n) is 22.2. The first-order chi connectivity index (χ1) is 19.5. The van der Waals surface area contributed by atoms with E-state index in [1.54, 1.807) is 66.7 Å². The zero-order chi connectivity index (χ0) is 29.7. The van der Waals surface area contributed by atoms with Crippen LogP contribution in [0.15, 0.2) is 91.0 Å². The summed E-state index contributed by atoms with van der Waals surface area (Å²) in [5.41, 5.74) is 3.59. The molecule has 0 aliphatic rings. The fraction of sp³-hybridized carbons (Fsp3) is 0.0625. The fourth-order valence-corrected chi connectivity index (χ4v) is 4.28. The molecule has 0 aliphatic heterocycles. The van der Waals surface area contributed by atoms with E-state index in [-0.39, 0.29) is 28.7 Å². The van der Waals surface area contributed by atoms with Crippen molar-refractivity contribution in [1.82, 2.24) is 0 Å². The van der Waals surface area contributed by atoms with Crippen LogP contribution in [-0.4, -0.2) is 39.1 Å². The van der Waals surface area contributed by atoms with Gasteiger partial charge in [-0.1, -0.05) is 30.4 Å². The minimum Gasteiger partial charge on any atom is -0.507 e. The predicted molar refractivity (Wildman–Crippen MR) is 156 cm³/mol. The molecule has 0 unspecified atom stereocenters. The Morgan fingerprint density at radius 2 is 0.951 bits per heavy atom. The SMILES string of the molecule is CC(=O)N(c1ccc(C=Cc2ccc(O)c(C(=O)O)c2)cc1)c1ccc(N(C(C)=O)c2ccc(C(=O)O)cc2)cc1. The summed E-state index contributed by atoms with van der Waals surface area (Å²) in [6, 6.07) is 24.3. The number of carbonyl (C=O) groups excluding carboxylic acids is 2. The summed E-state index contributed by atoms with van der Waals surface area (Å²) in [5.74, 6) is -3.07. The number of rotatable bonds is 8. The third-order valence-electron chi connectivity index (χ3n) is 6.24. The standard InChI is InChI=1S/C32H26N2O7/c1-20(35)33(25-10-5-22(6-11-25)3-4-23-7-18-30(37)29(19-23)32(40)41)27-14-16-28(17-15-27)34(21(2)36)26-12-8-24(9-13-26)31(38)39/h3-19,37H,1-2H3,(H,38,39)(H,40,41). The molecular formula is C32H26N2O7. The van der Waals surface area contributed by atoms with E-state index in [1.165, 1.54) is 47.9 Å². The Morgan fingerprint density at radius 3 is 1.37 bits per heavy atom. The topological polar surface area (TPSA) is 135 Å². The number of benzene rings is 4. The molecule has 4 rings (SSSR count). The van der Waals surface area contributed by atoms with Gasteiger partial charge in [-0.15, -0.1) is 0 Å². The Morgan fingerprint density at radius 1 is 0.561 bits per heavy atom. The summed E-state index contributed by atoms with van der Waals surface area (Å²) in [7, 11) is 0. The molecule has 3 N–H and O–H groups in total. The molecule has 41 heavy (non-hydrogen) atoms. The van der Waals surface area contributed by atoms with E-state index in [4.69, 9.17) is 5.11 Å². The Kier molecular flexibility index (Phi) is 8.29. The molecule has 0 saturated carbocycles. The highest BCUT2D eigenvalue weighted by molar-refractivity contribution is 6.02. The molecule has 4 aromatic carbocycles. The molecule has 0 fully saturated rings. The number of amides is 2. The van der Waals surface area contributed by atoms with Crippen molar-refractivity contribution in [2.45, 2.75) is 13.8 Å². The number of carboxylic acid groups (broad SMARTS) is 2. The lowest BCUT2D eigenvalue weighted by atomic mass is 10.1. The maximum Gasteiger partial charge on any atom is 0.339 e. The first kappa shape index (κ1) is 28.3. The number of hydrogen-bond donors (Lipinski definition) is 3. The Hall–Kier alpha value is -5.70. The minimum absolute atomic E-state index is 0.110. The summed E-state index contributed by atoms with van der Waals surface area (Å²) >= 11 is 0. The van der Waals surface area contributed by atoms with Gasteiger partial charge in [0.05, 0.1) is 5.56 Å². The molecule has 0 atom stereocenters. The maximum absolute atomic E-state index is 12.6. The largest absolute Gasteiger partial charge is 0.507 e. The molecule has 9 nitrogen and oxygen atoms in total. The smallest absolute Gasteiger partial charge is 0.339 e. The van der Waals surface area contributed by atoms with Crippen LogP contribution in [0.1, 0.15) is 45.7 Å². The summed E-state index contributed by atoms with van der Waals surface area (Å²) in [6.07, 6.45) is 3.51. The van der Waals surface area contributed by atoms with Crippen molar-refractivity contribution in [3.05, 3.63) is 113 Å². The highest BCUT2D eigenvalue weighted by atomic mass is 16.4. The quantitative estimate of drug-likeness (QED) is 0.218. The van der Waals surface area contributed by atoms with Gasteiger partial charge >= 0.3 is 11.9 Å². The van der Waals surface area contributed by atoms with Gasteiger partial charge in [0.25, 0.3) is 0 Å². The monoisotopic (exact) mass is 550 g/mol. The van der Waals surface area contributed by atoms with Gasteiger partial charge in [-0.05, 0) is 83.9 Å². The number of aromatic carboxylic acids is 2. The van der Waals surface area contributed by atoms with Crippen LogP contribution >= 0.6 is 0 Å². The van der Waals surface area contributed by atoms with Crippen molar-refractivity contribution in [2.24, 2.45) is 0 Å². The number of nitrogens with zero attached hydrogens (tertiary/aromatic N) is 2. The predicted octanol–water partition coefficient (Wildman–Crippen LogP) is 6.33. The van der Waals surface area contributed by atoms with Gasteiger partial charge in [0.1, 0.15) is 11.3 Å². The summed E-state index contributed by atoms with van der Waals surface area (Å²) < 4.78 is 0. The van der Waals surface area contributed by atoms with Crippen LogP contribution in [0.25, 0.3) is 12.2 Å². The van der Waals surface area contributed by atoms with Crippen molar-refractivity contribution < 1.29 is 34.5 Å². The highest BCUT2D eigenvalue weighted by Gasteiger charge is 2.18. The Bertz CT molecular complexity index is 1640. The third kappa shape index (κ3) is 6.48. The van der Waals surface area contributed by atoms with Crippen LogP contribution in [0.3, 0.4) is 0 Å². The van der Waals surface area contributed by atoms with Crippen LogP contribution in [-0.2, 0) is 9.59 Å². The van der Waals surface area contributed by atoms with Gasteiger partial charge < -0.3 is 15.3 Å². The second-order valence-corrected chi connectivity index (χ2v) is 9.08. The van der Waals surface area contributed by atoms with Crippen LogP contribution in [0.5, 0.6) is 5.75 Å². The van der Waals surface area contributed by atoms with Gasteiger partial charge in [0.2, 0.25) is 11.8 Å². The molecule has 0 spiro atoms. The third-order valence-corrected chi connectivity index (χ3v) is 6.24. The van der Waals surface area contributed by atoms with Gasteiger partial charge in [0.15, 0.2) is 0 Å². The van der Waals surface area contributed by atoms with Crippen LogP contribution in [0, 0.1) is 0 Å². The number of carboxylic acids is 2. The molecule has 0 aliphatic carbocycles. The number of phenols is 1. The molecule has 0 radical (unpaired) electrons. The maximum atomic E-state index is 12.6. The average Bonchev–Trinajstić information content (AvgIpc) is 2.94. The first-order valence-electron chi connectivity index (χ1n) is 12.4. The van der Waals surface area contributed by atoms with Gasteiger partial charge in [-0.3, -0.25) is 19.4 Å². The number of anilines is 4. The van der Waals surface area contributed by atoms with E-state index in [9.17, 15) is 29.4 Å². The number of hydrogen-bond acceptors (Lipinski definition) is 5. The fourth-order valence-electron chi connectivity index (χ4n) is 4.28. The zero-order valence-corrected chi connectivity index (χ0v) is 22.2. The van der Waals surface area contributed by atoms with Crippen molar-refractivity contribution >= 4 is 58.7 Å². The molecule has 0 bridgehead atoms. The summed E-state index contributed by atoms with van der Waals surface area (Å²) in [6.45, 7) is 2.85. The van der Waals surface area contributed by atoms with Crippen LogP contribution in [0.2, 0.25) is 0 Å². The first-order valence-corrected chi connectivity index (χ1v) is 12.4. The normalized spacial score (nSPS) is 10.8. The molecule has 4 aromatic rings. The van der Waals surface area contributed by atoms with Gasteiger partial charge in [0, 0.05) is 36.6 Å². The Labute approximate surface area is 235 Å². The number of carbonyl (C=O) groups is 4. The van der Waals surface area contributed by atoms with Crippen LogP contribution < -0.4 is 9.80 Å². The van der Waals surface area contributed by atoms with E-state index >= 15 is 0 Å². The summed E-state index contributed by atoms with van der Waals surface area (Å²) in [4.78, 5) is 50.5. The minimum atomic E-state index is -1.22. The lowest BCUT2D eigenvalue weighted by molar-refractivity contribution is -0.116. The highest BCUT2D eigenvalue weighted by Crippen LogP contribution is 2.31. The molecule has 206 valence electrons. The molecule has 9 heteroatoms. The lowest BCUT2D eigenvalue weighted by Gasteiger charge is -2.24. The molecule has 2 amide bonds. The second-order valence-electron chi connectivity index (χ2n) is 9.08. The van der Waals surface area contributed by atoms with Crippen LogP contribution in [0.4, 0.5) is 22.7 Å². The van der Waals surface area contributed by atoms with Crippen molar-refractivity contribution in [3.8, 4) is 5.75 Å².